The number of hydrogen-bond donors (Lipinski definition) is 2. The molecule has 1 unspecified atom stereocenters. The zero-order chi connectivity index (χ0) is 23.0. The van der Waals surface area contributed by atoms with Crippen LogP contribution in [0.4, 0.5) is 5.69 Å². The molecule has 0 aromatic heterocycles. The summed E-state index contributed by atoms with van der Waals surface area (Å²) < 4.78 is 25.2. The molecule has 2 N–H and O–H groups in total. The van der Waals surface area contributed by atoms with E-state index in [1.807, 2.05) is 0 Å². The number of nitrogens with one attached hydrogen (secondary N) is 2. The fourth-order valence-electron chi connectivity index (χ4n) is 4.53. The van der Waals surface area contributed by atoms with Crippen LogP contribution in [0, 0.1) is 5.92 Å². The molecule has 1 fully saturated rings. The quantitative estimate of drug-likeness (QED) is 0.622. The predicted molar refractivity (Wildman–Crippen MR) is 126 cm³/mol. The maximum Gasteiger partial charge on any atom is 0.223 e. The fraction of sp³-hybridized carbons (Fsp3) is 0.652. The Morgan fingerprint density at radius 2 is 1.94 bits per heavy atom. The second-order valence-electron chi connectivity index (χ2n) is 8.75. The Kier molecular flexibility index (Phi) is 8.92. The van der Waals surface area contributed by atoms with Gasteiger partial charge >= 0.3 is 0 Å². The highest BCUT2D eigenvalue weighted by Crippen LogP contribution is 2.26. The lowest BCUT2D eigenvalue weighted by molar-refractivity contribution is -0.126. The number of amides is 2. The Morgan fingerprint density at radius 1 is 1.12 bits per heavy atom. The van der Waals surface area contributed by atoms with E-state index in [2.05, 4.69) is 39.8 Å². The van der Waals surface area contributed by atoms with E-state index in [4.69, 9.17) is 0 Å². The van der Waals surface area contributed by atoms with Crippen LogP contribution in [-0.4, -0.2) is 70.1 Å². The van der Waals surface area contributed by atoms with Crippen LogP contribution in [0.15, 0.2) is 24.3 Å². The summed E-state index contributed by atoms with van der Waals surface area (Å²) in [4.78, 5) is 27.2. The van der Waals surface area contributed by atoms with Gasteiger partial charge in [-0.1, -0.05) is 18.2 Å². The van der Waals surface area contributed by atoms with Gasteiger partial charge in [-0.25, -0.2) is 12.7 Å². The number of anilines is 1. The summed E-state index contributed by atoms with van der Waals surface area (Å²) in [5, 5.41) is 5.87. The lowest BCUT2D eigenvalue weighted by Crippen LogP contribution is -2.36. The molecule has 1 aromatic rings. The number of benzene rings is 1. The third-order valence-corrected chi connectivity index (χ3v) is 7.62. The molecule has 0 bridgehead atoms. The van der Waals surface area contributed by atoms with Crippen molar-refractivity contribution in [2.45, 2.75) is 44.9 Å². The maximum absolute atomic E-state index is 12.8. The van der Waals surface area contributed by atoms with Crippen LogP contribution in [0.25, 0.3) is 0 Å². The number of sulfonamides is 1. The number of fused-ring (bicyclic) bond motifs is 1. The molecule has 178 valence electrons. The monoisotopic (exact) mass is 464 g/mol. The van der Waals surface area contributed by atoms with Crippen LogP contribution in [0.3, 0.4) is 0 Å². The van der Waals surface area contributed by atoms with Gasteiger partial charge in [-0.2, -0.15) is 0 Å². The highest BCUT2D eigenvalue weighted by molar-refractivity contribution is 7.88. The van der Waals surface area contributed by atoms with Crippen molar-refractivity contribution in [3.05, 3.63) is 29.8 Å². The summed E-state index contributed by atoms with van der Waals surface area (Å²) in [6, 6.07) is 8.52. The Morgan fingerprint density at radius 3 is 2.75 bits per heavy atom. The van der Waals surface area contributed by atoms with Crippen LogP contribution < -0.4 is 15.5 Å². The number of nitrogens with zero attached hydrogens (tertiary/aromatic N) is 2. The van der Waals surface area contributed by atoms with Crippen LogP contribution in [0.2, 0.25) is 0 Å². The molecule has 2 aliphatic rings. The van der Waals surface area contributed by atoms with Gasteiger partial charge in [-0.3, -0.25) is 9.59 Å². The summed E-state index contributed by atoms with van der Waals surface area (Å²) in [5.74, 6) is -0.421. The second kappa shape index (κ2) is 11.7. The van der Waals surface area contributed by atoms with Gasteiger partial charge < -0.3 is 15.5 Å². The first-order valence-electron chi connectivity index (χ1n) is 11.7. The lowest BCUT2D eigenvalue weighted by Gasteiger charge is -2.31. The van der Waals surface area contributed by atoms with Crippen molar-refractivity contribution in [1.82, 2.24) is 14.9 Å². The van der Waals surface area contributed by atoms with Crippen molar-refractivity contribution in [3.8, 4) is 0 Å². The molecular formula is C23H36N4O4S. The van der Waals surface area contributed by atoms with Crippen molar-refractivity contribution < 1.29 is 18.0 Å². The smallest absolute Gasteiger partial charge is 0.223 e. The molecule has 0 aliphatic carbocycles. The van der Waals surface area contributed by atoms with Crippen LogP contribution in [0.1, 0.15) is 44.1 Å². The van der Waals surface area contributed by atoms with E-state index in [1.165, 1.54) is 15.6 Å². The largest absolute Gasteiger partial charge is 0.371 e. The minimum Gasteiger partial charge on any atom is -0.371 e. The Bertz CT molecular complexity index is 890. The van der Waals surface area contributed by atoms with Gasteiger partial charge in [0, 0.05) is 57.3 Å². The number of carbonyl (C=O) groups is 2. The second-order valence-corrected chi connectivity index (χ2v) is 10.7. The molecule has 2 amide bonds. The standard InChI is InChI=1S/C23H36N4O4S/c1-32(30,31)27-17-5-9-20(11-14-24-22(28)12-18-27)23(29)25-13-6-16-26-15-4-8-19-7-2-3-10-21(19)26/h2-3,7,10,20H,4-6,8-9,11-18H2,1H3,(H,24,28)(H,25,29). The molecule has 0 radical (unpaired) electrons. The minimum atomic E-state index is -3.37. The van der Waals surface area contributed by atoms with Crippen molar-refractivity contribution in [2.24, 2.45) is 5.92 Å². The molecule has 1 saturated heterocycles. The van der Waals surface area contributed by atoms with Crippen LogP contribution >= 0.6 is 0 Å². The van der Waals surface area contributed by atoms with Gasteiger partial charge in [0.2, 0.25) is 21.8 Å². The van der Waals surface area contributed by atoms with E-state index in [9.17, 15) is 18.0 Å². The number of aryl methyl sites for hydroxylation is 1. The average Bonchev–Trinajstić information content (AvgIpc) is 2.80. The molecule has 1 atom stereocenters. The first-order valence-corrected chi connectivity index (χ1v) is 13.5. The normalized spacial score (nSPS) is 21.2. The highest BCUT2D eigenvalue weighted by Gasteiger charge is 2.23. The van der Waals surface area contributed by atoms with Crippen LogP contribution in [-0.2, 0) is 26.0 Å². The van der Waals surface area contributed by atoms with Gasteiger partial charge in [0.1, 0.15) is 0 Å². The summed E-state index contributed by atoms with van der Waals surface area (Å²) in [7, 11) is -3.37. The SMILES string of the molecule is CS(=O)(=O)N1CCCC(C(=O)NCCCN2CCCc3ccccc32)CCNC(=O)CC1. The summed E-state index contributed by atoms with van der Waals surface area (Å²) in [6.45, 7) is 3.51. The molecule has 8 nitrogen and oxygen atoms in total. The zero-order valence-electron chi connectivity index (χ0n) is 19.0. The fourth-order valence-corrected chi connectivity index (χ4v) is 5.42. The van der Waals surface area contributed by atoms with Crippen molar-refractivity contribution in [2.75, 3.05) is 50.4 Å². The van der Waals surface area contributed by atoms with E-state index >= 15 is 0 Å². The Balaban J connectivity index is 1.47. The highest BCUT2D eigenvalue weighted by atomic mass is 32.2. The van der Waals surface area contributed by atoms with E-state index in [1.54, 1.807) is 0 Å². The van der Waals surface area contributed by atoms with E-state index in [0.29, 0.717) is 38.9 Å². The van der Waals surface area contributed by atoms with Gasteiger partial charge in [0.25, 0.3) is 0 Å². The number of carbonyl (C=O) groups excluding carboxylic acids is 2. The van der Waals surface area contributed by atoms with Crippen molar-refractivity contribution in [1.29, 1.82) is 0 Å². The summed E-state index contributed by atoms with van der Waals surface area (Å²) in [6.07, 6.45) is 6.22. The van der Waals surface area contributed by atoms with E-state index in [-0.39, 0.29) is 30.7 Å². The van der Waals surface area contributed by atoms with Gasteiger partial charge in [-0.15, -0.1) is 0 Å². The molecule has 1 aromatic carbocycles. The van der Waals surface area contributed by atoms with E-state index < -0.39 is 10.0 Å². The lowest BCUT2D eigenvalue weighted by atomic mass is 9.98. The van der Waals surface area contributed by atoms with Gasteiger partial charge in [-0.05, 0) is 50.2 Å². The molecule has 0 spiro atoms. The van der Waals surface area contributed by atoms with Crippen LogP contribution in [0.5, 0.6) is 0 Å². The zero-order valence-corrected chi connectivity index (χ0v) is 19.8. The molecule has 0 saturated carbocycles. The summed E-state index contributed by atoms with van der Waals surface area (Å²) >= 11 is 0. The first-order chi connectivity index (χ1) is 15.3. The Hall–Kier alpha value is -2.13. The minimum absolute atomic E-state index is 0.0107. The maximum atomic E-state index is 12.8. The number of rotatable bonds is 6. The third-order valence-electron chi connectivity index (χ3n) is 6.31. The first kappa shape index (κ1) is 24.5. The number of para-hydroxylation sites is 1. The van der Waals surface area contributed by atoms with Gasteiger partial charge in [0.15, 0.2) is 0 Å². The van der Waals surface area contributed by atoms with E-state index in [0.717, 1.165) is 38.6 Å². The average molecular weight is 465 g/mol. The molecule has 2 aliphatic heterocycles. The molecular weight excluding hydrogens is 428 g/mol. The molecule has 9 heteroatoms. The molecule has 32 heavy (non-hydrogen) atoms. The number of hydrogen-bond acceptors (Lipinski definition) is 5. The Labute approximate surface area is 191 Å². The predicted octanol–water partition coefficient (Wildman–Crippen LogP) is 1.51. The summed E-state index contributed by atoms with van der Waals surface area (Å²) in [5.41, 5.74) is 2.70. The van der Waals surface area contributed by atoms with Crippen molar-refractivity contribution >= 4 is 27.5 Å². The molecule has 2 heterocycles. The van der Waals surface area contributed by atoms with Crippen molar-refractivity contribution in [3.63, 3.8) is 0 Å². The van der Waals surface area contributed by atoms with Gasteiger partial charge in [0.05, 0.1) is 6.26 Å². The topological polar surface area (TPSA) is 98.8 Å². The molecule has 3 rings (SSSR count). The third kappa shape index (κ3) is 7.20.